The Morgan fingerprint density at radius 3 is 2.77 bits per heavy atom. The maximum absolute atomic E-state index is 13.1. The van der Waals surface area contributed by atoms with Crippen molar-refractivity contribution in [3.8, 4) is 11.1 Å². The molecule has 0 saturated carbocycles. The van der Waals surface area contributed by atoms with Gasteiger partial charge in [-0.25, -0.2) is 4.98 Å². The first kappa shape index (κ1) is 20.4. The minimum Gasteiger partial charge on any atom is -0.300 e. The molecule has 1 amide bonds. The highest BCUT2D eigenvalue weighted by molar-refractivity contribution is 7.17. The predicted molar refractivity (Wildman–Crippen MR) is 121 cm³/mol. The number of hydrogen-bond acceptors (Lipinski definition) is 7. The predicted octanol–water partition coefficient (Wildman–Crippen LogP) is 4.27. The van der Waals surface area contributed by atoms with E-state index in [0.29, 0.717) is 15.3 Å². The average molecular weight is 440 g/mol. The molecule has 3 aromatic heterocycles. The quantitative estimate of drug-likeness (QED) is 0.465. The lowest BCUT2D eigenvalue weighted by molar-refractivity contribution is -0.116. The Bertz CT molecular complexity index is 1240. The number of anilines is 1. The van der Waals surface area contributed by atoms with E-state index in [2.05, 4.69) is 27.4 Å². The maximum atomic E-state index is 13.1. The standard InChI is InChI=1S/C21H21N5O2S2/c1-3-4-17-24-25-21(30-17)23-16(27)9-10-26-12-22-19-18(20(26)28)15(11-29-19)14-7-5-13(2)6-8-14/h5-8,11-12H,3-4,9-10H2,1-2H3,(H,23,25,27). The van der Waals surface area contributed by atoms with Crippen molar-refractivity contribution in [3.05, 3.63) is 56.9 Å². The Morgan fingerprint density at radius 1 is 1.20 bits per heavy atom. The van der Waals surface area contributed by atoms with Crippen molar-refractivity contribution in [2.75, 3.05) is 5.32 Å². The number of rotatable bonds is 7. The molecule has 0 aliphatic carbocycles. The van der Waals surface area contributed by atoms with Crippen LogP contribution in [0.15, 0.2) is 40.8 Å². The summed E-state index contributed by atoms with van der Waals surface area (Å²) < 4.78 is 1.49. The summed E-state index contributed by atoms with van der Waals surface area (Å²) in [4.78, 5) is 30.5. The number of thiophene rings is 1. The lowest BCUT2D eigenvalue weighted by atomic mass is 10.1. The second kappa shape index (κ2) is 8.85. The summed E-state index contributed by atoms with van der Waals surface area (Å²) in [5.74, 6) is -0.203. The number of nitrogens with one attached hydrogen (secondary N) is 1. The molecule has 9 heteroatoms. The van der Waals surface area contributed by atoms with Crippen LogP contribution in [0.5, 0.6) is 0 Å². The van der Waals surface area contributed by atoms with Gasteiger partial charge >= 0.3 is 0 Å². The van der Waals surface area contributed by atoms with Crippen LogP contribution in [0.3, 0.4) is 0 Å². The van der Waals surface area contributed by atoms with Gasteiger partial charge in [-0.15, -0.1) is 21.5 Å². The number of carbonyl (C=O) groups is 1. The zero-order chi connectivity index (χ0) is 21.1. The van der Waals surface area contributed by atoms with E-state index in [1.54, 1.807) is 0 Å². The van der Waals surface area contributed by atoms with Gasteiger partial charge in [-0.3, -0.25) is 14.2 Å². The molecule has 0 spiro atoms. The number of aryl methyl sites for hydroxylation is 3. The van der Waals surface area contributed by atoms with E-state index in [4.69, 9.17) is 0 Å². The molecule has 30 heavy (non-hydrogen) atoms. The van der Waals surface area contributed by atoms with Crippen LogP contribution in [0.1, 0.15) is 30.3 Å². The molecule has 1 aromatic carbocycles. The maximum Gasteiger partial charge on any atom is 0.262 e. The first-order valence-electron chi connectivity index (χ1n) is 9.71. The third kappa shape index (κ3) is 4.31. The Balaban J connectivity index is 1.51. The Labute approximate surface area is 181 Å². The molecule has 4 aromatic rings. The smallest absolute Gasteiger partial charge is 0.262 e. The first-order valence-corrected chi connectivity index (χ1v) is 11.4. The highest BCUT2D eigenvalue weighted by Crippen LogP contribution is 2.30. The molecule has 0 saturated heterocycles. The highest BCUT2D eigenvalue weighted by Gasteiger charge is 2.14. The largest absolute Gasteiger partial charge is 0.300 e. The summed E-state index contributed by atoms with van der Waals surface area (Å²) in [6.07, 6.45) is 3.49. The molecule has 0 aliphatic rings. The zero-order valence-corrected chi connectivity index (χ0v) is 18.3. The molecule has 0 fully saturated rings. The molecule has 4 rings (SSSR count). The van der Waals surface area contributed by atoms with Crippen molar-refractivity contribution in [1.82, 2.24) is 19.7 Å². The Kier molecular flexibility index (Phi) is 6.01. The second-order valence-electron chi connectivity index (χ2n) is 6.99. The summed E-state index contributed by atoms with van der Waals surface area (Å²) in [7, 11) is 0. The fourth-order valence-corrected chi connectivity index (χ4v) is 4.86. The number of benzene rings is 1. The zero-order valence-electron chi connectivity index (χ0n) is 16.7. The van der Waals surface area contributed by atoms with Crippen LogP contribution in [0.2, 0.25) is 0 Å². The Hall–Kier alpha value is -2.91. The summed E-state index contributed by atoms with van der Waals surface area (Å²) >= 11 is 2.83. The average Bonchev–Trinajstić information content (AvgIpc) is 3.36. The minimum atomic E-state index is -0.203. The van der Waals surface area contributed by atoms with Crippen LogP contribution in [0, 0.1) is 6.92 Å². The molecule has 1 N–H and O–H groups in total. The Morgan fingerprint density at radius 2 is 2.00 bits per heavy atom. The van der Waals surface area contributed by atoms with Crippen LogP contribution in [-0.4, -0.2) is 25.7 Å². The van der Waals surface area contributed by atoms with Gasteiger partial charge in [0, 0.05) is 30.3 Å². The molecule has 0 unspecified atom stereocenters. The van der Waals surface area contributed by atoms with Gasteiger partial charge in [0.1, 0.15) is 9.84 Å². The number of fused-ring (bicyclic) bond motifs is 1. The fourth-order valence-electron chi connectivity index (χ4n) is 3.10. The van der Waals surface area contributed by atoms with Crippen molar-refractivity contribution in [1.29, 1.82) is 0 Å². The van der Waals surface area contributed by atoms with E-state index < -0.39 is 0 Å². The lowest BCUT2D eigenvalue weighted by Crippen LogP contribution is -2.23. The third-order valence-electron chi connectivity index (χ3n) is 4.68. The van der Waals surface area contributed by atoms with Crippen molar-refractivity contribution in [2.24, 2.45) is 0 Å². The number of amides is 1. The number of nitrogens with zero attached hydrogens (tertiary/aromatic N) is 4. The molecular formula is C21H21N5O2S2. The lowest BCUT2D eigenvalue weighted by Gasteiger charge is -2.06. The monoisotopic (exact) mass is 439 g/mol. The van der Waals surface area contributed by atoms with E-state index in [0.717, 1.165) is 34.5 Å². The molecule has 154 valence electrons. The summed E-state index contributed by atoms with van der Waals surface area (Å²) in [6.45, 7) is 4.35. The van der Waals surface area contributed by atoms with Gasteiger partial charge in [-0.05, 0) is 18.9 Å². The van der Waals surface area contributed by atoms with Crippen molar-refractivity contribution in [3.63, 3.8) is 0 Å². The molecule has 0 radical (unpaired) electrons. The van der Waals surface area contributed by atoms with E-state index in [1.807, 2.05) is 36.6 Å². The second-order valence-corrected chi connectivity index (χ2v) is 8.91. The van der Waals surface area contributed by atoms with Gasteiger partial charge in [0.05, 0.1) is 11.7 Å². The summed E-state index contributed by atoms with van der Waals surface area (Å²) in [6, 6.07) is 8.07. The van der Waals surface area contributed by atoms with Gasteiger partial charge in [0.25, 0.3) is 5.56 Å². The fraction of sp³-hybridized carbons (Fsp3) is 0.286. The SMILES string of the molecule is CCCc1nnc(NC(=O)CCn2cnc3scc(-c4ccc(C)cc4)c3c2=O)s1. The highest BCUT2D eigenvalue weighted by atomic mass is 32.1. The van der Waals surface area contributed by atoms with Crippen LogP contribution in [0.4, 0.5) is 5.13 Å². The van der Waals surface area contributed by atoms with Crippen LogP contribution < -0.4 is 10.9 Å². The van der Waals surface area contributed by atoms with Gasteiger partial charge in [0.15, 0.2) is 0 Å². The summed E-state index contributed by atoms with van der Waals surface area (Å²) in [5.41, 5.74) is 2.90. The molecule has 3 heterocycles. The van der Waals surface area contributed by atoms with Gasteiger partial charge in [-0.2, -0.15) is 0 Å². The van der Waals surface area contributed by atoms with E-state index in [-0.39, 0.29) is 24.4 Å². The third-order valence-corrected chi connectivity index (χ3v) is 6.46. The van der Waals surface area contributed by atoms with Crippen molar-refractivity contribution >= 4 is 43.9 Å². The van der Waals surface area contributed by atoms with E-state index in [1.165, 1.54) is 33.6 Å². The molecule has 0 aliphatic heterocycles. The molecule has 0 bridgehead atoms. The topological polar surface area (TPSA) is 89.8 Å². The van der Waals surface area contributed by atoms with Crippen LogP contribution in [0.25, 0.3) is 21.3 Å². The van der Waals surface area contributed by atoms with Crippen LogP contribution in [-0.2, 0) is 17.8 Å². The summed E-state index contributed by atoms with van der Waals surface area (Å²) in [5, 5.41) is 14.8. The minimum absolute atomic E-state index is 0.134. The molecular weight excluding hydrogens is 418 g/mol. The first-order chi connectivity index (χ1) is 14.5. The number of carbonyl (C=O) groups excluding carboxylic acids is 1. The van der Waals surface area contributed by atoms with Gasteiger partial charge in [0.2, 0.25) is 11.0 Å². The van der Waals surface area contributed by atoms with E-state index in [9.17, 15) is 9.59 Å². The molecule has 0 atom stereocenters. The number of aromatic nitrogens is 4. The van der Waals surface area contributed by atoms with E-state index >= 15 is 0 Å². The molecule has 7 nitrogen and oxygen atoms in total. The van der Waals surface area contributed by atoms with Crippen molar-refractivity contribution < 1.29 is 4.79 Å². The van der Waals surface area contributed by atoms with Gasteiger partial charge in [-0.1, -0.05) is 48.1 Å². The van der Waals surface area contributed by atoms with Crippen LogP contribution >= 0.6 is 22.7 Å². The number of hydrogen-bond donors (Lipinski definition) is 1. The normalized spacial score (nSPS) is 11.1. The van der Waals surface area contributed by atoms with Gasteiger partial charge < -0.3 is 5.32 Å². The van der Waals surface area contributed by atoms with Crippen molar-refractivity contribution in [2.45, 2.75) is 39.7 Å².